The van der Waals surface area contributed by atoms with Gasteiger partial charge in [-0.1, -0.05) is 31.2 Å². The lowest BCUT2D eigenvalue weighted by molar-refractivity contribution is -0.120. The van der Waals surface area contributed by atoms with Crippen LogP contribution in [0.25, 0.3) is 0 Å². The van der Waals surface area contributed by atoms with Crippen LogP contribution < -0.4 is 10.1 Å². The van der Waals surface area contributed by atoms with Crippen LogP contribution in [0.3, 0.4) is 0 Å². The molecule has 0 heterocycles. The first-order valence-electron chi connectivity index (χ1n) is 9.55. The predicted molar refractivity (Wildman–Crippen MR) is 112 cm³/mol. The molecule has 0 bridgehead atoms. The standard InChI is InChI=1S/C23H30N2O3/c1-6-17-7-9-18(10-8-17)21(25(3)4)15-24-23(27)14-20-13-19(16(2)26)11-12-22(20)28-5/h7-13,21H,6,14-15H2,1-5H3,(H,24,27). The van der Waals surface area contributed by atoms with E-state index in [1.165, 1.54) is 18.1 Å². The first-order chi connectivity index (χ1) is 13.3. The Morgan fingerprint density at radius 1 is 1.11 bits per heavy atom. The number of nitrogens with one attached hydrogen (secondary N) is 1. The normalized spacial score (nSPS) is 11.9. The number of carbonyl (C=O) groups is 2. The highest BCUT2D eigenvalue weighted by atomic mass is 16.5. The summed E-state index contributed by atoms with van der Waals surface area (Å²) in [4.78, 5) is 26.3. The Bertz CT molecular complexity index is 813. The van der Waals surface area contributed by atoms with Crippen molar-refractivity contribution in [2.24, 2.45) is 0 Å². The molecule has 0 aliphatic heterocycles. The Morgan fingerprint density at radius 2 is 1.79 bits per heavy atom. The highest BCUT2D eigenvalue weighted by Crippen LogP contribution is 2.22. The number of likely N-dealkylation sites (N-methyl/N-ethyl adjacent to an activating group) is 1. The van der Waals surface area contributed by atoms with E-state index in [1.54, 1.807) is 25.3 Å². The molecule has 2 aromatic rings. The van der Waals surface area contributed by atoms with Crippen LogP contribution in [-0.2, 0) is 17.6 Å². The molecule has 28 heavy (non-hydrogen) atoms. The van der Waals surface area contributed by atoms with Crippen molar-refractivity contribution in [2.45, 2.75) is 32.7 Å². The Balaban J connectivity index is 2.07. The second kappa shape index (κ2) is 10.0. The van der Waals surface area contributed by atoms with Gasteiger partial charge >= 0.3 is 0 Å². The topological polar surface area (TPSA) is 58.6 Å². The zero-order valence-electron chi connectivity index (χ0n) is 17.4. The number of Topliss-reactive ketones (excluding diaryl/α,β-unsaturated/α-hetero) is 1. The van der Waals surface area contributed by atoms with E-state index in [-0.39, 0.29) is 24.2 Å². The molecule has 0 spiro atoms. The van der Waals surface area contributed by atoms with Gasteiger partial charge in [0, 0.05) is 17.7 Å². The van der Waals surface area contributed by atoms with Crippen LogP contribution in [0.4, 0.5) is 0 Å². The maximum Gasteiger partial charge on any atom is 0.224 e. The molecular formula is C23H30N2O3. The van der Waals surface area contributed by atoms with E-state index in [0.29, 0.717) is 23.4 Å². The van der Waals surface area contributed by atoms with Crippen LogP contribution in [-0.4, -0.2) is 44.3 Å². The molecule has 5 nitrogen and oxygen atoms in total. The number of ether oxygens (including phenoxy) is 1. The van der Waals surface area contributed by atoms with Crippen LogP contribution >= 0.6 is 0 Å². The van der Waals surface area contributed by atoms with Gasteiger partial charge in [0.15, 0.2) is 5.78 Å². The molecule has 0 radical (unpaired) electrons. The van der Waals surface area contributed by atoms with Crippen molar-refractivity contribution in [3.8, 4) is 5.75 Å². The Labute approximate surface area is 167 Å². The maximum absolute atomic E-state index is 12.6. The van der Waals surface area contributed by atoms with E-state index in [2.05, 4.69) is 41.4 Å². The Morgan fingerprint density at radius 3 is 2.32 bits per heavy atom. The average molecular weight is 383 g/mol. The summed E-state index contributed by atoms with van der Waals surface area (Å²) >= 11 is 0. The Hall–Kier alpha value is -2.66. The van der Waals surface area contributed by atoms with Crippen LogP contribution in [0.1, 0.15) is 46.9 Å². The molecule has 150 valence electrons. The molecule has 0 aliphatic rings. The third-order valence-electron chi connectivity index (χ3n) is 4.93. The number of nitrogens with zero attached hydrogens (tertiary/aromatic N) is 1. The van der Waals surface area contributed by atoms with Crippen molar-refractivity contribution < 1.29 is 14.3 Å². The Kier molecular flexibility index (Phi) is 7.76. The lowest BCUT2D eigenvalue weighted by atomic mass is 10.0. The first kappa shape index (κ1) is 21.6. The highest BCUT2D eigenvalue weighted by molar-refractivity contribution is 5.94. The zero-order chi connectivity index (χ0) is 20.7. The fraction of sp³-hybridized carbons (Fsp3) is 0.391. The number of aryl methyl sites for hydroxylation is 1. The lowest BCUT2D eigenvalue weighted by Gasteiger charge is -2.25. The predicted octanol–water partition coefficient (Wildman–Crippen LogP) is 3.42. The molecule has 1 amide bonds. The summed E-state index contributed by atoms with van der Waals surface area (Å²) in [6, 6.07) is 13.8. The summed E-state index contributed by atoms with van der Waals surface area (Å²) in [6.07, 6.45) is 1.17. The molecule has 0 saturated heterocycles. The van der Waals surface area contributed by atoms with Gasteiger partial charge in [-0.2, -0.15) is 0 Å². The number of benzene rings is 2. The highest BCUT2D eigenvalue weighted by Gasteiger charge is 2.17. The molecule has 1 atom stereocenters. The van der Waals surface area contributed by atoms with Crippen molar-refractivity contribution in [3.05, 3.63) is 64.7 Å². The van der Waals surface area contributed by atoms with E-state index in [0.717, 1.165) is 6.42 Å². The fourth-order valence-electron chi connectivity index (χ4n) is 3.16. The van der Waals surface area contributed by atoms with Crippen LogP contribution in [0, 0.1) is 0 Å². The minimum Gasteiger partial charge on any atom is -0.496 e. The second-order valence-electron chi connectivity index (χ2n) is 7.14. The summed E-state index contributed by atoms with van der Waals surface area (Å²) in [5.41, 5.74) is 3.74. The zero-order valence-corrected chi connectivity index (χ0v) is 17.4. The van der Waals surface area contributed by atoms with Crippen molar-refractivity contribution >= 4 is 11.7 Å². The minimum absolute atomic E-state index is 0.0347. The lowest BCUT2D eigenvalue weighted by Crippen LogP contribution is -2.35. The largest absolute Gasteiger partial charge is 0.496 e. The van der Waals surface area contributed by atoms with Crippen LogP contribution in [0.15, 0.2) is 42.5 Å². The average Bonchev–Trinajstić information content (AvgIpc) is 2.68. The van der Waals surface area contributed by atoms with Crippen molar-refractivity contribution in [1.29, 1.82) is 0 Å². The third-order valence-corrected chi connectivity index (χ3v) is 4.93. The summed E-state index contributed by atoms with van der Waals surface area (Å²) in [5.74, 6) is 0.475. The van der Waals surface area contributed by atoms with Gasteiger partial charge in [0.05, 0.1) is 19.6 Å². The molecule has 2 aromatic carbocycles. The van der Waals surface area contributed by atoms with E-state index in [4.69, 9.17) is 4.74 Å². The van der Waals surface area contributed by atoms with Gasteiger partial charge in [0.1, 0.15) is 5.75 Å². The molecule has 0 aromatic heterocycles. The fourth-order valence-corrected chi connectivity index (χ4v) is 3.16. The number of carbonyl (C=O) groups excluding carboxylic acids is 2. The monoisotopic (exact) mass is 382 g/mol. The van der Waals surface area contributed by atoms with Crippen LogP contribution in [0.2, 0.25) is 0 Å². The molecule has 1 N–H and O–H groups in total. The first-order valence-corrected chi connectivity index (χ1v) is 9.55. The molecule has 0 aliphatic carbocycles. The number of ketones is 1. The van der Waals surface area contributed by atoms with Gasteiger partial charge in [0.25, 0.3) is 0 Å². The SMILES string of the molecule is CCc1ccc(C(CNC(=O)Cc2cc(C(C)=O)ccc2OC)N(C)C)cc1. The number of amides is 1. The quantitative estimate of drug-likeness (QED) is 0.675. The summed E-state index contributed by atoms with van der Waals surface area (Å²) in [6.45, 7) is 4.15. The molecule has 2 rings (SSSR count). The summed E-state index contributed by atoms with van der Waals surface area (Å²) in [7, 11) is 5.57. The van der Waals surface area contributed by atoms with Gasteiger partial charge in [-0.3, -0.25) is 9.59 Å². The van der Waals surface area contributed by atoms with Gasteiger partial charge in [-0.05, 0) is 56.8 Å². The van der Waals surface area contributed by atoms with E-state index in [9.17, 15) is 9.59 Å². The van der Waals surface area contributed by atoms with E-state index in [1.807, 2.05) is 14.1 Å². The molecule has 0 saturated carbocycles. The van der Waals surface area contributed by atoms with Crippen molar-refractivity contribution in [3.63, 3.8) is 0 Å². The van der Waals surface area contributed by atoms with Crippen molar-refractivity contribution in [2.75, 3.05) is 27.7 Å². The second-order valence-corrected chi connectivity index (χ2v) is 7.14. The number of hydrogen-bond donors (Lipinski definition) is 1. The van der Waals surface area contributed by atoms with Gasteiger partial charge < -0.3 is 15.0 Å². The number of rotatable bonds is 9. The minimum atomic E-state index is -0.101. The van der Waals surface area contributed by atoms with E-state index < -0.39 is 0 Å². The maximum atomic E-state index is 12.6. The molecule has 1 unspecified atom stereocenters. The summed E-state index contributed by atoms with van der Waals surface area (Å²) < 4.78 is 5.34. The number of hydrogen-bond acceptors (Lipinski definition) is 4. The summed E-state index contributed by atoms with van der Waals surface area (Å²) in [5, 5.41) is 3.02. The van der Waals surface area contributed by atoms with Crippen LogP contribution in [0.5, 0.6) is 5.75 Å². The molecule has 0 fully saturated rings. The molecule has 5 heteroatoms. The van der Waals surface area contributed by atoms with Gasteiger partial charge in [-0.25, -0.2) is 0 Å². The molecular weight excluding hydrogens is 352 g/mol. The third kappa shape index (κ3) is 5.67. The van der Waals surface area contributed by atoms with Gasteiger partial charge in [0.2, 0.25) is 5.91 Å². The van der Waals surface area contributed by atoms with E-state index >= 15 is 0 Å². The number of methoxy groups -OCH3 is 1. The van der Waals surface area contributed by atoms with Crippen molar-refractivity contribution in [1.82, 2.24) is 10.2 Å². The van der Waals surface area contributed by atoms with Gasteiger partial charge in [-0.15, -0.1) is 0 Å². The smallest absolute Gasteiger partial charge is 0.224 e.